The van der Waals surface area contributed by atoms with Gasteiger partial charge in [-0.25, -0.2) is 4.98 Å². The molecule has 34 heavy (non-hydrogen) atoms. The third-order valence-electron chi connectivity index (χ3n) is 6.33. The molecule has 0 fully saturated rings. The van der Waals surface area contributed by atoms with E-state index in [0.717, 1.165) is 16.7 Å². The van der Waals surface area contributed by atoms with Crippen LogP contribution in [0, 0.1) is 13.8 Å². The Balaban J connectivity index is 1.53. The van der Waals surface area contributed by atoms with Gasteiger partial charge in [-0.2, -0.15) is 0 Å². The second-order valence-electron chi connectivity index (χ2n) is 8.59. The SMILES string of the molecule is Cc1ccc(-c2csc3ncn(C(C)C(=O)c4ccc5c(c4)NC(=O)C(C)O5)c(=O)c23)cc1C. The maximum absolute atomic E-state index is 13.5. The molecule has 2 aromatic heterocycles. The lowest BCUT2D eigenvalue weighted by Crippen LogP contribution is -2.34. The van der Waals surface area contributed by atoms with Crippen LogP contribution in [0.1, 0.15) is 41.4 Å². The molecule has 1 amide bonds. The summed E-state index contributed by atoms with van der Waals surface area (Å²) in [5.74, 6) is -0.0258. The highest BCUT2D eigenvalue weighted by Crippen LogP contribution is 2.33. The molecule has 5 rings (SSSR count). The number of fused-ring (bicyclic) bond motifs is 2. The Hall–Kier alpha value is -3.78. The number of rotatable bonds is 4. The van der Waals surface area contributed by atoms with Gasteiger partial charge >= 0.3 is 0 Å². The standard InChI is InChI=1S/C26H23N3O4S/c1-13-5-6-17(9-14(13)2)19-11-34-25-22(19)26(32)29(12-27-25)15(3)23(30)18-7-8-21-20(10-18)28-24(31)16(4)33-21/h5-12,15-16H,1-4H3,(H,28,31). The van der Waals surface area contributed by atoms with Crippen molar-refractivity contribution >= 4 is 38.9 Å². The highest BCUT2D eigenvalue weighted by atomic mass is 32.1. The Morgan fingerprint density at radius 1 is 1.15 bits per heavy atom. The number of hydrogen-bond donors (Lipinski definition) is 1. The summed E-state index contributed by atoms with van der Waals surface area (Å²) in [6.45, 7) is 7.42. The molecule has 4 aromatic rings. The van der Waals surface area contributed by atoms with E-state index < -0.39 is 12.1 Å². The van der Waals surface area contributed by atoms with Crippen LogP contribution >= 0.6 is 11.3 Å². The number of ether oxygens (including phenoxy) is 1. The minimum absolute atomic E-state index is 0.260. The first-order chi connectivity index (χ1) is 16.2. The van der Waals surface area contributed by atoms with Crippen LogP contribution in [-0.4, -0.2) is 27.3 Å². The minimum Gasteiger partial charge on any atom is -0.479 e. The Morgan fingerprint density at radius 3 is 2.71 bits per heavy atom. The van der Waals surface area contributed by atoms with Crippen LogP contribution in [0.3, 0.4) is 0 Å². The van der Waals surface area contributed by atoms with Crippen LogP contribution in [0.15, 0.2) is 52.9 Å². The zero-order valence-electron chi connectivity index (χ0n) is 19.2. The van der Waals surface area contributed by atoms with Gasteiger partial charge in [0.25, 0.3) is 11.5 Å². The molecule has 0 spiro atoms. The lowest BCUT2D eigenvalue weighted by molar-refractivity contribution is -0.122. The van der Waals surface area contributed by atoms with Crippen LogP contribution < -0.4 is 15.6 Å². The number of benzene rings is 2. The predicted octanol–water partition coefficient (Wildman–Crippen LogP) is 4.91. The van der Waals surface area contributed by atoms with Crippen molar-refractivity contribution in [2.24, 2.45) is 0 Å². The van der Waals surface area contributed by atoms with Gasteiger partial charge in [-0.1, -0.05) is 18.2 Å². The highest BCUT2D eigenvalue weighted by Gasteiger charge is 2.26. The summed E-state index contributed by atoms with van der Waals surface area (Å²) in [4.78, 5) is 43.9. The van der Waals surface area contributed by atoms with Gasteiger partial charge in [0.2, 0.25) is 0 Å². The average Bonchev–Trinajstić information content (AvgIpc) is 3.26. The van der Waals surface area contributed by atoms with Gasteiger partial charge in [0.05, 0.1) is 23.4 Å². The monoisotopic (exact) mass is 473 g/mol. The van der Waals surface area contributed by atoms with Gasteiger partial charge in [0.1, 0.15) is 10.6 Å². The van der Waals surface area contributed by atoms with Crippen molar-refractivity contribution < 1.29 is 14.3 Å². The van der Waals surface area contributed by atoms with Gasteiger partial charge in [0.15, 0.2) is 11.9 Å². The first-order valence-corrected chi connectivity index (χ1v) is 11.8. The average molecular weight is 474 g/mol. The fourth-order valence-corrected chi connectivity index (χ4v) is 4.98. The van der Waals surface area contributed by atoms with E-state index in [1.165, 1.54) is 27.8 Å². The van der Waals surface area contributed by atoms with Crippen molar-refractivity contribution in [3.63, 3.8) is 0 Å². The maximum atomic E-state index is 13.5. The van der Waals surface area contributed by atoms with Crippen LogP contribution in [0.2, 0.25) is 0 Å². The quantitative estimate of drug-likeness (QED) is 0.426. The van der Waals surface area contributed by atoms with E-state index in [4.69, 9.17) is 4.74 Å². The molecule has 2 unspecified atom stereocenters. The number of ketones is 1. The van der Waals surface area contributed by atoms with E-state index in [2.05, 4.69) is 16.4 Å². The number of aryl methyl sites for hydroxylation is 2. The molecule has 1 aliphatic heterocycles. The van der Waals surface area contributed by atoms with Gasteiger partial charge in [-0.15, -0.1) is 11.3 Å². The summed E-state index contributed by atoms with van der Waals surface area (Å²) in [6, 6.07) is 10.2. The van der Waals surface area contributed by atoms with Gasteiger partial charge in [-0.05, 0) is 62.6 Å². The van der Waals surface area contributed by atoms with Crippen molar-refractivity contribution in [2.45, 2.75) is 39.8 Å². The van der Waals surface area contributed by atoms with Crippen LogP contribution in [0.4, 0.5) is 5.69 Å². The first kappa shape index (κ1) is 22.0. The van der Waals surface area contributed by atoms with Gasteiger partial charge in [0, 0.05) is 16.5 Å². The summed E-state index contributed by atoms with van der Waals surface area (Å²) < 4.78 is 6.94. The fourth-order valence-electron chi connectivity index (χ4n) is 4.07. The lowest BCUT2D eigenvalue weighted by Gasteiger charge is -2.24. The largest absolute Gasteiger partial charge is 0.479 e. The number of amides is 1. The third kappa shape index (κ3) is 3.60. The van der Waals surface area contributed by atoms with E-state index in [-0.39, 0.29) is 17.2 Å². The Labute approximate surface area is 200 Å². The van der Waals surface area contributed by atoms with Gasteiger partial charge in [-0.3, -0.25) is 19.0 Å². The first-order valence-electron chi connectivity index (χ1n) is 11.0. The van der Waals surface area contributed by atoms with Crippen molar-refractivity contribution in [3.05, 3.63) is 75.1 Å². The zero-order valence-corrected chi connectivity index (χ0v) is 20.0. The van der Waals surface area contributed by atoms with E-state index in [1.54, 1.807) is 32.0 Å². The number of anilines is 1. The van der Waals surface area contributed by atoms with Crippen LogP contribution in [-0.2, 0) is 4.79 Å². The summed E-state index contributed by atoms with van der Waals surface area (Å²) >= 11 is 1.41. The van der Waals surface area contributed by atoms with Crippen molar-refractivity contribution in [3.8, 4) is 16.9 Å². The van der Waals surface area contributed by atoms with Gasteiger partial charge < -0.3 is 10.1 Å². The maximum Gasteiger partial charge on any atom is 0.265 e. The lowest BCUT2D eigenvalue weighted by atomic mass is 10.0. The van der Waals surface area contributed by atoms with E-state index >= 15 is 0 Å². The molecule has 0 radical (unpaired) electrons. The number of carbonyl (C=O) groups excluding carboxylic acids is 2. The highest BCUT2D eigenvalue weighted by molar-refractivity contribution is 7.17. The third-order valence-corrected chi connectivity index (χ3v) is 7.22. The van der Waals surface area contributed by atoms with Crippen LogP contribution in [0.5, 0.6) is 5.75 Å². The van der Waals surface area contributed by atoms with E-state index in [0.29, 0.717) is 27.2 Å². The molecule has 0 bridgehead atoms. The number of nitrogens with zero attached hydrogens (tertiary/aromatic N) is 2. The summed E-state index contributed by atoms with van der Waals surface area (Å²) in [5, 5.41) is 5.20. The Morgan fingerprint density at radius 2 is 1.94 bits per heavy atom. The second-order valence-corrected chi connectivity index (χ2v) is 9.44. The second kappa shape index (κ2) is 8.22. The normalized spacial score (nSPS) is 16.0. The molecule has 7 nitrogen and oxygen atoms in total. The number of hydrogen-bond acceptors (Lipinski definition) is 6. The Bertz CT molecular complexity index is 1540. The number of thiophene rings is 1. The number of Topliss-reactive ketones (excluding diaryl/α,β-unsaturated/α-hetero) is 1. The minimum atomic E-state index is -0.783. The molecule has 3 heterocycles. The topological polar surface area (TPSA) is 90.3 Å². The molecular formula is C26H23N3O4S. The molecule has 1 N–H and O–H groups in total. The van der Waals surface area contributed by atoms with E-state index in [1.807, 2.05) is 31.4 Å². The smallest absolute Gasteiger partial charge is 0.265 e. The molecule has 0 aliphatic carbocycles. The molecule has 0 saturated carbocycles. The molecule has 8 heteroatoms. The molecule has 0 saturated heterocycles. The molecule has 2 atom stereocenters. The van der Waals surface area contributed by atoms with Crippen LogP contribution in [0.25, 0.3) is 21.3 Å². The predicted molar refractivity (Wildman–Crippen MR) is 133 cm³/mol. The summed E-state index contributed by atoms with van der Waals surface area (Å²) in [7, 11) is 0. The van der Waals surface area contributed by atoms with Crippen molar-refractivity contribution in [2.75, 3.05) is 5.32 Å². The number of carbonyl (C=O) groups is 2. The number of nitrogens with one attached hydrogen (secondary N) is 1. The molecule has 172 valence electrons. The zero-order chi connectivity index (χ0) is 24.1. The van der Waals surface area contributed by atoms with Crippen molar-refractivity contribution in [1.29, 1.82) is 0 Å². The summed E-state index contributed by atoms with van der Waals surface area (Å²) in [6.07, 6.45) is 0.834. The number of aromatic nitrogens is 2. The molecule has 2 aromatic carbocycles. The molecular weight excluding hydrogens is 450 g/mol. The molecule has 1 aliphatic rings. The van der Waals surface area contributed by atoms with Crippen molar-refractivity contribution in [1.82, 2.24) is 9.55 Å². The fraction of sp³-hybridized carbons (Fsp3) is 0.231. The van der Waals surface area contributed by atoms with E-state index in [9.17, 15) is 14.4 Å². The summed E-state index contributed by atoms with van der Waals surface area (Å²) in [5.41, 5.74) is 4.64. The Kier molecular flexibility index (Phi) is 5.32.